The van der Waals surface area contributed by atoms with Crippen LogP contribution in [0.25, 0.3) is 0 Å². The standard InChI is InChI=1S/C11H13N5OS/c1-16(2)9-4-3-7(12)5-8(9)10(17)14-11-15-13-6-18-11/h3-6H,12H2,1-2H3,(H,14,15,17). The highest BCUT2D eigenvalue weighted by Gasteiger charge is 2.14. The summed E-state index contributed by atoms with van der Waals surface area (Å²) in [5.41, 5.74) is 9.12. The van der Waals surface area contributed by atoms with Gasteiger partial charge in [0.25, 0.3) is 5.91 Å². The van der Waals surface area contributed by atoms with Gasteiger partial charge < -0.3 is 10.6 Å². The largest absolute Gasteiger partial charge is 0.399 e. The Bertz CT molecular complexity index is 553. The molecular formula is C11H13N5OS. The van der Waals surface area contributed by atoms with Gasteiger partial charge in [0.05, 0.1) is 5.56 Å². The molecule has 2 aromatic rings. The average Bonchev–Trinajstić information content (AvgIpc) is 2.81. The SMILES string of the molecule is CN(C)c1ccc(N)cc1C(=O)Nc1nncs1. The molecule has 1 aromatic heterocycles. The van der Waals surface area contributed by atoms with Crippen molar-refractivity contribution in [3.05, 3.63) is 29.3 Å². The number of rotatable bonds is 3. The van der Waals surface area contributed by atoms with E-state index in [0.29, 0.717) is 16.4 Å². The molecule has 0 unspecified atom stereocenters. The molecule has 0 atom stereocenters. The predicted molar refractivity (Wildman–Crippen MR) is 73.0 cm³/mol. The third-order valence-electron chi connectivity index (χ3n) is 2.33. The van der Waals surface area contributed by atoms with Gasteiger partial charge in [0.1, 0.15) is 5.51 Å². The van der Waals surface area contributed by atoms with E-state index in [1.807, 2.05) is 25.1 Å². The van der Waals surface area contributed by atoms with E-state index in [1.54, 1.807) is 17.6 Å². The molecule has 1 amide bonds. The first-order valence-corrected chi connectivity index (χ1v) is 6.10. The van der Waals surface area contributed by atoms with Crippen LogP contribution in [0.3, 0.4) is 0 Å². The van der Waals surface area contributed by atoms with Gasteiger partial charge in [0, 0.05) is 25.5 Å². The average molecular weight is 263 g/mol. The van der Waals surface area contributed by atoms with E-state index < -0.39 is 0 Å². The van der Waals surface area contributed by atoms with Crippen LogP contribution in [0.1, 0.15) is 10.4 Å². The topological polar surface area (TPSA) is 84.1 Å². The van der Waals surface area contributed by atoms with Crippen molar-refractivity contribution < 1.29 is 4.79 Å². The van der Waals surface area contributed by atoms with Crippen LogP contribution in [0.15, 0.2) is 23.7 Å². The van der Waals surface area contributed by atoms with Crippen molar-refractivity contribution in [1.82, 2.24) is 10.2 Å². The van der Waals surface area contributed by atoms with Gasteiger partial charge in [-0.15, -0.1) is 10.2 Å². The lowest BCUT2D eigenvalue weighted by Gasteiger charge is -2.17. The summed E-state index contributed by atoms with van der Waals surface area (Å²) in [6.45, 7) is 0. The van der Waals surface area contributed by atoms with E-state index in [9.17, 15) is 4.79 Å². The summed E-state index contributed by atoms with van der Waals surface area (Å²) >= 11 is 1.27. The zero-order valence-electron chi connectivity index (χ0n) is 10.0. The zero-order chi connectivity index (χ0) is 13.1. The zero-order valence-corrected chi connectivity index (χ0v) is 10.9. The van der Waals surface area contributed by atoms with Gasteiger partial charge in [0.15, 0.2) is 0 Å². The molecular weight excluding hydrogens is 250 g/mol. The quantitative estimate of drug-likeness (QED) is 0.819. The minimum atomic E-state index is -0.247. The third kappa shape index (κ3) is 2.57. The summed E-state index contributed by atoms with van der Waals surface area (Å²) in [7, 11) is 3.74. The van der Waals surface area contributed by atoms with E-state index >= 15 is 0 Å². The number of nitrogens with zero attached hydrogens (tertiary/aromatic N) is 3. The highest BCUT2D eigenvalue weighted by Crippen LogP contribution is 2.22. The lowest BCUT2D eigenvalue weighted by Crippen LogP contribution is -2.18. The number of hydrogen-bond donors (Lipinski definition) is 2. The first kappa shape index (κ1) is 12.3. The van der Waals surface area contributed by atoms with Gasteiger partial charge in [-0.3, -0.25) is 10.1 Å². The maximum Gasteiger partial charge on any atom is 0.259 e. The summed E-state index contributed by atoms with van der Waals surface area (Å²) in [6, 6.07) is 5.22. The van der Waals surface area contributed by atoms with Gasteiger partial charge in [-0.1, -0.05) is 11.3 Å². The second kappa shape index (κ2) is 5.01. The molecule has 1 aromatic carbocycles. The Kier molecular flexibility index (Phi) is 3.42. The molecule has 6 nitrogen and oxygen atoms in total. The normalized spacial score (nSPS) is 10.1. The monoisotopic (exact) mass is 263 g/mol. The van der Waals surface area contributed by atoms with Crippen LogP contribution in [0.2, 0.25) is 0 Å². The van der Waals surface area contributed by atoms with Crippen LogP contribution < -0.4 is 16.0 Å². The van der Waals surface area contributed by atoms with E-state index in [0.717, 1.165) is 5.69 Å². The molecule has 0 aliphatic heterocycles. The first-order valence-electron chi connectivity index (χ1n) is 5.22. The maximum atomic E-state index is 12.1. The molecule has 0 fully saturated rings. The van der Waals surface area contributed by atoms with Crippen molar-refractivity contribution in [2.75, 3.05) is 30.0 Å². The summed E-state index contributed by atoms with van der Waals surface area (Å²) in [6.07, 6.45) is 0. The van der Waals surface area contributed by atoms with E-state index in [4.69, 9.17) is 5.73 Å². The van der Waals surface area contributed by atoms with Crippen molar-refractivity contribution >= 4 is 33.8 Å². The minimum Gasteiger partial charge on any atom is -0.399 e. The molecule has 0 radical (unpaired) electrons. The van der Waals surface area contributed by atoms with Crippen LogP contribution in [-0.2, 0) is 0 Å². The molecule has 0 bridgehead atoms. The lowest BCUT2D eigenvalue weighted by atomic mass is 10.1. The summed E-state index contributed by atoms with van der Waals surface area (Å²) in [4.78, 5) is 14.0. The molecule has 2 rings (SSSR count). The van der Waals surface area contributed by atoms with Gasteiger partial charge in [-0.2, -0.15) is 0 Å². The predicted octanol–water partition coefficient (Wildman–Crippen LogP) is 1.44. The summed E-state index contributed by atoms with van der Waals surface area (Å²) in [5, 5.41) is 10.6. The highest BCUT2D eigenvalue weighted by atomic mass is 32.1. The van der Waals surface area contributed by atoms with Crippen LogP contribution in [0, 0.1) is 0 Å². The molecule has 7 heteroatoms. The number of nitrogens with two attached hydrogens (primary N) is 1. The van der Waals surface area contributed by atoms with Crippen LogP contribution >= 0.6 is 11.3 Å². The molecule has 0 saturated heterocycles. The number of amides is 1. The fourth-order valence-corrected chi connectivity index (χ4v) is 1.96. The fourth-order valence-electron chi connectivity index (χ4n) is 1.52. The summed E-state index contributed by atoms with van der Waals surface area (Å²) in [5.74, 6) is -0.247. The number of anilines is 3. The third-order valence-corrected chi connectivity index (χ3v) is 2.93. The Labute approximate surface area is 108 Å². The van der Waals surface area contributed by atoms with E-state index in [1.165, 1.54) is 11.3 Å². The fraction of sp³-hybridized carbons (Fsp3) is 0.182. The molecule has 0 saturated carbocycles. The second-order valence-electron chi connectivity index (χ2n) is 3.87. The smallest absolute Gasteiger partial charge is 0.259 e. The molecule has 18 heavy (non-hydrogen) atoms. The highest BCUT2D eigenvalue weighted by molar-refractivity contribution is 7.13. The number of carbonyl (C=O) groups is 1. The number of benzene rings is 1. The second-order valence-corrected chi connectivity index (χ2v) is 4.70. The maximum absolute atomic E-state index is 12.1. The van der Waals surface area contributed by atoms with Crippen molar-refractivity contribution in [2.24, 2.45) is 0 Å². The molecule has 0 aliphatic carbocycles. The molecule has 94 valence electrons. The Morgan fingerprint density at radius 1 is 1.44 bits per heavy atom. The number of hydrogen-bond acceptors (Lipinski definition) is 6. The van der Waals surface area contributed by atoms with Crippen molar-refractivity contribution in [2.45, 2.75) is 0 Å². The van der Waals surface area contributed by atoms with Gasteiger partial charge in [0.2, 0.25) is 5.13 Å². The Hall–Kier alpha value is -2.15. The van der Waals surface area contributed by atoms with Crippen LogP contribution in [0.5, 0.6) is 0 Å². The van der Waals surface area contributed by atoms with E-state index in [-0.39, 0.29) is 5.91 Å². The van der Waals surface area contributed by atoms with Gasteiger partial charge >= 0.3 is 0 Å². The van der Waals surface area contributed by atoms with Crippen molar-refractivity contribution in [1.29, 1.82) is 0 Å². The summed E-state index contributed by atoms with van der Waals surface area (Å²) < 4.78 is 0. The van der Waals surface area contributed by atoms with Gasteiger partial charge in [-0.25, -0.2) is 0 Å². The van der Waals surface area contributed by atoms with E-state index in [2.05, 4.69) is 15.5 Å². The molecule has 0 aliphatic rings. The van der Waals surface area contributed by atoms with Crippen LogP contribution in [0.4, 0.5) is 16.5 Å². The number of nitrogens with one attached hydrogen (secondary N) is 1. The van der Waals surface area contributed by atoms with Crippen molar-refractivity contribution in [3.8, 4) is 0 Å². The Balaban J connectivity index is 2.31. The lowest BCUT2D eigenvalue weighted by molar-refractivity contribution is 0.102. The molecule has 1 heterocycles. The molecule has 3 N–H and O–H groups in total. The number of aromatic nitrogens is 2. The Morgan fingerprint density at radius 2 is 2.22 bits per heavy atom. The number of carbonyl (C=O) groups excluding carboxylic acids is 1. The molecule has 0 spiro atoms. The minimum absolute atomic E-state index is 0.247. The Morgan fingerprint density at radius 3 is 2.83 bits per heavy atom. The first-order chi connectivity index (χ1) is 8.58. The van der Waals surface area contributed by atoms with Crippen molar-refractivity contribution in [3.63, 3.8) is 0 Å². The van der Waals surface area contributed by atoms with Crippen LogP contribution in [-0.4, -0.2) is 30.2 Å². The number of nitrogen functional groups attached to an aromatic ring is 1. The van der Waals surface area contributed by atoms with Gasteiger partial charge in [-0.05, 0) is 18.2 Å².